The van der Waals surface area contributed by atoms with Crippen molar-refractivity contribution >= 4 is 5.69 Å². The van der Waals surface area contributed by atoms with Crippen molar-refractivity contribution in [2.75, 3.05) is 45.2 Å². The number of nitrogens with one attached hydrogen (secondary N) is 1. The van der Waals surface area contributed by atoms with Gasteiger partial charge in [-0.05, 0) is 51.2 Å². The summed E-state index contributed by atoms with van der Waals surface area (Å²) in [4.78, 5) is 4.62. The number of hydrogen-bond acceptors (Lipinski definition) is 4. The van der Waals surface area contributed by atoms with Gasteiger partial charge in [0.25, 0.3) is 0 Å². The molecule has 0 saturated carbocycles. The van der Waals surface area contributed by atoms with Crippen molar-refractivity contribution in [3.05, 3.63) is 29.8 Å². The predicted octanol–water partition coefficient (Wildman–Crippen LogP) is 1.68. The zero-order valence-electron chi connectivity index (χ0n) is 12.5. The van der Waals surface area contributed by atoms with Gasteiger partial charge < -0.3 is 15.1 Å². The minimum Gasteiger partial charge on any atom is -0.371 e. The van der Waals surface area contributed by atoms with Gasteiger partial charge in [-0.1, -0.05) is 0 Å². The number of anilines is 1. The molecule has 2 rings (SSSR count). The number of benzene rings is 1. The number of piperidine rings is 1. The molecule has 0 radical (unpaired) electrons. The first-order chi connectivity index (χ1) is 9.69. The van der Waals surface area contributed by atoms with Gasteiger partial charge in [-0.15, -0.1) is 0 Å². The van der Waals surface area contributed by atoms with Crippen LogP contribution >= 0.6 is 0 Å². The minimum atomic E-state index is 0.643. The van der Waals surface area contributed by atoms with Crippen LogP contribution in [0.4, 0.5) is 5.69 Å². The summed E-state index contributed by atoms with van der Waals surface area (Å²) in [6.07, 6.45) is 2.38. The minimum absolute atomic E-state index is 0.643. The van der Waals surface area contributed by atoms with E-state index in [1.807, 2.05) is 12.1 Å². The van der Waals surface area contributed by atoms with E-state index in [4.69, 9.17) is 5.26 Å². The van der Waals surface area contributed by atoms with Gasteiger partial charge in [0.2, 0.25) is 0 Å². The van der Waals surface area contributed by atoms with E-state index in [-0.39, 0.29) is 0 Å². The topological polar surface area (TPSA) is 42.3 Å². The zero-order chi connectivity index (χ0) is 14.4. The van der Waals surface area contributed by atoms with Gasteiger partial charge in [0, 0.05) is 37.9 Å². The van der Waals surface area contributed by atoms with Gasteiger partial charge in [0.15, 0.2) is 0 Å². The number of nitrogens with zero attached hydrogens (tertiary/aromatic N) is 3. The second-order valence-electron chi connectivity index (χ2n) is 5.68. The average molecular weight is 272 g/mol. The monoisotopic (exact) mass is 272 g/mol. The lowest BCUT2D eigenvalue weighted by Gasteiger charge is -2.34. The van der Waals surface area contributed by atoms with Crippen LogP contribution in [0.1, 0.15) is 18.4 Å². The van der Waals surface area contributed by atoms with Crippen molar-refractivity contribution in [2.45, 2.75) is 18.9 Å². The number of nitriles is 1. The Hall–Kier alpha value is -1.57. The number of hydrogen-bond donors (Lipinski definition) is 1. The summed E-state index contributed by atoms with van der Waals surface area (Å²) in [5.41, 5.74) is 1.96. The summed E-state index contributed by atoms with van der Waals surface area (Å²) < 4.78 is 0. The van der Waals surface area contributed by atoms with Crippen LogP contribution < -0.4 is 10.2 Å². The highest BCUT2D eigenvalue weighted by molar-refractivity contribution is 5.49. The smallest absolute Gasteiger partial charge is 0.0991 e. The quantitative estimate of drug-likeness (QED) is 0.885. The summed E-state index contributed by atoms with van der Waals surface area (Å²) in [5.74, 6) is 0. The molecular formula is C16H24N4. The molecule has 20 heavy (non-hydrogen) atoms. The molecule has 1 fully saturated rings. The van der Waals surface area contributed by atoms with Crippen LogP contribution in [0.25, 0.3) is 0 Å². The molecule has 0 aliphatic carbocycles. The largest absolute Gasteiger partial charge is 0.371 e. The van der Waals surface area contributed by atoms with E-state index in [0.29, 0.717) is 6.04 Å². The second kappa shape index (κ2) is 7.28. The Labute approximate surface area is 122 Å². The van der Waals surface area contributed by atoms with E-state index in [1.54, 1.807) is 0 Å². The first-order valence-corrected chi connectivity index (χ1v) is 7.32. The molecule has 108 valence electrons. The average Bonchev–Trinajstić information content (AvgIpc) is 2.48. The summed E-state index contributed by atoms with van der Waals surface area (Å²) in [7, 11) is 4.21. The Kier molecular flexibility index (Phi) is 5.40. The van der Waals surface area contributed by atoms with Gasteiger partial charge in [0.1, 0.15) is 0 Å². The van der Waals surface area contributed by atoms with Crippen molar-refractivity contribution in [3.63, 3.8) is 0 Å². The number of likely N-dealkylation sites (N-methyl/N-ethyl adjacent to an activating group) is 1. The van der Waals surface area contributed by atoms with E-state index in [1.165, 1.54) is 18.5 Å². The molecule has 1 N–H and O–H groups in total. The Bertz CT molecular complexity index is 439. The maximum Gasteiger partial charge on any atom is 0.0991 e. The SMILES string of the molecule is CN(C)CCNC1CCN(c2ccc(C#N)cc2)CC1. The highest BCUT2D eigenvalue weighted by Crippen LogP contribution is 2.20. The van der Waals surface area contributed by atoms with Crippen LogP contribution in [0.5, 0.6) is 0 Å². The fourth-order valence-corrected chi connectivity index (χ4v) is 2.58. The fraction of sp³-hybridized carbons (Fsp3) is 0.562. The highest BCUT2D eigenvalue weighted by atomic mass is 15.2. The van der Waals surface area contributed by atoms with E-state index >= 15 is 0 Å². The Morgan fingerprint density at radius 3 is 2.45 bits per heavy atom. The number of rotatable bonds is 5. The van der Waals surface area contributed by atoms with E-state index in [2.05, 4.69) is 47.4 Å². The third-order valence-electron chi connectivity index (χ3n) is 3.85. The maximum atomic E-state index is 8.82. The Morgan fingerprint density at radius 1 is 1.25 bits per heavy atom. The molecule has 0 aromatic heterocycles. The summed E-state index contributed by atoms with van der Waals surface area (Å²) in [5, 5.41) is 12.5. The molecule has 0 spiro atoms. The molecule has 1 aliphatic rings. The third kappa shape index (κ3) is 4.22. The third-order valence-corrected chi connectivity index (χ3v) is 3.85. The molecule has 1 aromatic rings. The van der Waals surface area contributed by atoms with Gasteiger partial charge in [-0.2, -0.15) is 5.26 Å². The Balaban J connectivity index is 1.77. The van der Waals surface area contributed by atoms with Gasteiger partial charge >= 0.3 is 0 Å². The van der Waals surface area contributed by atoms with Crippen LogP contribution in [-0.2, 0) is 0 Å². The fourth-order valence-electron chi connectivity index (χ4n) is 2.58. The molecule has 1 saturated heterocycles. The molecule has 0 atom stereocenters. The Morgan fingerprint density at radius 2 is 1.90 bits per heavy atom. The van der Waals surface area contributed by atoms with Crippen LogP contribution in [0.15, 0.2) is 24.3 Å². The molecular weight excluding hydrogens is 248 g/mol. The lowest BCUT2D eigenvalue weighted by atomic mass is 10.0. The van der Waals surface area contributed by atoms with E-state index in [0.717, 1.165) is 31.7 Å². The van der Waals surface area contributed by atoms with E-state index in [9.17, 15) is 0 Å². The van der Waals surface area contributed by atoms with Gasteiger partial charge in [-0.3, -0.25) is 0 Å². The molecule has 1 aliphatic heterocycles. The van der Waals surface area contributed by atoms with Crippen LogP contribution in [0.3, 0.4) is 0 Å². The van der Waals surface area contributed by atoms with Crippen LogP contribution in [-0.4, -0.2) is 51.2 Å². The van der Waals surface area contributed by atoms with Crippen molar-refractivity contribution in [1.29, 1.82) is 5.26 Å². The van der Waals surface area contributed by atoms with Crippen molar-refractivity contribution in [1.82, 2.24) is 10.2 Å². The molecule has 4 heteroatoms. The van der Waals surface area contributed by atoms with Crippen LogP contribution in [0, 0.1) is 11.3 Å². The second-order valence-corrected chi connectivity index (χ2v) is 5.68. The summed E-state index contributed by atoms with van der Waals surface area (Å²) in [6.45, 7) is 4.33. The zero-order valence-corrected chi connectivity index (χ0v) is 12.5. The van der Waals surface area contributed by atoms with Crippen molar-refractivity contribution in [2.24, 2.45) is 0 Å². The molecule has 1 heterocycles. The standard InChI is InChI=1S/C16H24N4/c1-19(2)12-9-18-15-7-10-20(11-8-15)16-5-3-14(13-17)4-6-16/h3-6,15,18H,7-12H2,1-2H3. The molecule has 0 bridgehead atoms. The lowest BCUT2D eigenvalue weighted by Crippen LogP contribution is -2.44. The summed E-state index contributed by atoms with van der Waals surface area (Å²) >= 11 is 0. The molecule has 4 nitrogen and oxygen atoms in total. The van der Waals surface area contributed by atoms with E-state index < -0.39 is 0 Å². The molecule has 0 unspecified atom stereocenters. The van der Waals surface area contributed by atoms with Gasteiger partial charge in [-0.25, -0.2) is 0 Å². The lowest BCUT2D eigenvalue weighted by molar-refractivity contribution is 0.359. The van der Waals surface area contributed by atoms with Crippen molar-refractivity contribution < 1.29 is 0 Å². The summed E-state index contributed by atoms with van der Waals surface area (Å²) in [6, 6.07) is 10.7. The first-order valence-electron chi connectivity index (χ1n) is 7.32. The predicted molar refractivity (Wildman–Crippen MR) is 82.9 cm³/mol. The molecule has 0 amide bonds. The van der Waals surface area contributed by atoms with Crippen molar-refractivity contribution in [3.8, 4) is 6.07 Å². The normalized spacial score (nSPS) is 16.4. The van der Waals surface area contributed by atoms with Gasteiger partial charge in [0.05, 0.1) is 11.6 Å². The highest BCUT2D eigenvalue weighted by Gasteiger charge is 2.18. The van der Waals surface area contributed by atoms with Crippen LogP contribution in [0.2, 0.25) is 0 Å². The molecule has 1 aromatic carbocycles. The first kappa shape index (κ1) is 14.8. The maximum absolute atomic E-state index is 8.82.